The lowest BCUT2D eigenvalue weighted by atomic mass is 9.82. The lowest BCUT2D eigenvalue weighted by Crippen LogP contribution is -2.10. The normalized spacial score (nSPS) is 29.9. The van der Waals surface area contributed by atoms with E-state index in [2.05, 4.69) is 0 Å². The van der Waals surface area contributed by atoms with E-state index in [1.807, 2.05) is 6.08 Å². The Bertz CT molecular complexity index is 298. The summed E-state index contributed by atoms with van der Waals surface area (Å²) in [5.74, 6) is 1.02. The van der Waals surface area contributed by atoms with E-state index in [4.69, 9.17) is 5.11 Å². The van der Waals surface area contributed by atoms with Gasteiger partial charge in [-0.3, -0.25) is 0 Å². The highest BCUT2D eigenvalue weighted by Gasteiger charge is 2.32. The molecule has 0 amide bonds. The van der Waals surface area contributed by atoms with E-state index >= 15 is 0 Å². The summed E-state index contributed by atoms with van der Waals surface area (Å²) >= 11 is 0. The predicted octanol–water partition coefficient (Wildman–Crippen LogP) is 3.15. The maximum Gasteiger partial charge on any atom is 0.328 e. The molecule has 2 aliphatic rings. The summed E-state index contributed by atoms with van der Waals surface area (Å²) in [4.78, 5) is 10.3. The van der Waals surface area contributed by atoms with Gasteiger partial charge in [0.05, 0.1) is 0 Å². The van der Waals surface area contributed by atoms with Crippen molar-refractivity contribution in [2.45, 2.75) is 38.5 Å². The van der Waals surface area contributed by atoms with Crippen LogP contribution >= 0.6 is 0 Å². The summed E-state index contributed by atoms with van der Waals surface area (Å²) in [7, 11) is 0. The number of carboxylic acid groups (broad SMARTS) is 1. The first-order valence-electron chi connectivity index (χ1n) is 5.85. The van der Waals surface area contributed by atoms with Crippen LogP contribution in [-0.2, 0) is 4.79 Å². The Kier molecular flexibility index (Phi) is 3.24. The SMILES string of the molecule is O=C(O)/C=C/C=C1\CCCC(C2CC2)C1. The molecule has 0 aliphatic heterocycles. The third-order valence-corrected chi connectivity index (χ3v) is 3.46. The van der Waals surface area contributed by atoms with Crippen LogP contribution in [0.3, 0.4) is 0 Å². The average Bonchev–Trinajstić information content (AvgIpc) is 3.01. The molecule has 82 valence electrons. The van der Waals surface area contributed by atoms with Gasteiger partial charge >= 0.3 is 5.97 Å². The fourth-order valence-corrected chi connectivity index (χ4v) is 2.52. The molecule has 2 heteroatoms. The van der Waals surface area contributed by atoms with Crippen LogP contribution in [0, 0.1) is 11.8 Å². The van der Waals surface area contributed by atoms with Crippen molar-refractivity contribution >= 4 is 5.97 Å². The highest BCUT2D eigenvalue weighted by Crippen LogP contribution is 2.45. The molecule has 2 saturated carbocycles. The Morgan fingerprint density at radius 1 is 1.27 bits per heavy atom. The van der Waals surface area contributed by atoms with E-state index in [-0.39, 0.29) is 0 Å². The van der Waals surface area contributed by atoms with Gasteiger partial charge in [0.25, 0.3) is 0 Å². The molecule has 2 fully saturated rings. The van der Waals surface area contributed by atoms with Crippen molar-refractivity contribution in [2.75, 3.05) is 0 Å². The molecule has 2 aliphatic carbocycles. The van der Waals surface area contributed by atoms with Gasteiger partial charge in [-0.1, -0.05) is 17.7 Å². The van der Waals surface area contributed by atoms with Crippen LogP contribution < -0.4 is 0 Å². The molecule has 0 bridgehead atoms. The molecule has 0 aromatic carbocycles. The van der Waals surface area contributed by atoms with Crippen LogP contribution in [0.1, 0.15) is 38.5 Å². The summed E-state index contributed by atoms with van der Waals surface area (Å²) in [5, 5.41) is 8.48. The van der Waals surface area contributed by atoms with Crippen molar-refractivity contribution in [2.24, 2.45) is 11.8 Å². The topological polar surface area (TPSA) is 37.3 Å². The smallest absolute Gasteiger partial charge is 0.328 e. The highest BCUT2D eigenvalue weighted by atomic mass is 16.4. The first-order chi connectivity index (χ1) is 7.25. The zero-order chi connectivity index (χ0) is 10.7. The third-order valence-electron chi connectivity index (χ3n) is 3.46. The van der Waals surface area contributed by atoms with Crippen LogP contribution in [0.15, 0.2) is 23.8 Å². The minimum Gasteiger partial charge on any atom is -0.478 e. The van der Waals surface area contributed by atoms with Gasteiger partial charge in [-0.05, 0) is 50.4 Å². The number of carbonyl (C=O) groups is 1. The summed E-state index contributed by atoms with van der Waals surface area (Å²) in [6, 6.07) is 0. The van der Waals surface area contributed by atoms with Crippen molar-refractivity contribution in [3.05, 3.63) is 23.8 Å². The van der Waals surface area contributed by atoms with E-state index in [9.17, 15) is 4.79 Å². The van der Waals surface area contributed by atoms with E-state index in [0.717, 1.165) is 18.3 Å². The molecule has 0 aromatic rings. The number of carboxylic acids is 1. The molecule has 0 spiro atoms. The van der Waals surface area contributed by atoms with Gasteiger partial charge < -0.3 is 5.11 Å². The van der Waals surface area contributed by atoms with Crippen LogP contribution in [0.4, 0.5) is 0 Å². The second-order valence-electron chi connectivity index (χ2n) is 4.72. The van der Waals surface area contributed by atoms with Gasteiger partial charge in [-0.15, -0.1) is 0 Å². The summed E-state index contributed by atoms with van der Waals surface area (Å²) in [6.07, 6.45) is 12.8. The molecule has 1 atom stereocenters. The number of rotatable bonds is 3. The van der Waals surface area contributed by atoms with Crippen molar-refractivity contribution in [1.29, 1.82) is 0 Å². The molecule has 0 radical (unpaired) electrons. The van der Waals surface area contributed by atoms with E-state index in [1.165, 1.54) is 43.8 Å². The predicted molar refractivity (Wildman–Crippen MR) is 59.5 cm³/mol. The van der Waals surface area contributed by atoms with Crippen molar-refractivity contribution < 1.29 is 9.90 Å². The average molecular weight is 206 g/mol. The van der Waals surface area contributed by atoms with Crippen LogP contribution in [0.2, 0.25) is 0 Å². The zero-order valence-corrected chi connectivity index (χ0v) is 8.98. The lowest BCUT2D eigenvalue weighted by Gasteiger charge is -2.23. The largest absolute Gasteiger partial charge is 0.478 e. The fourth-order valence-electron chi connectivity index (χ4n) is 2.52. The third kappa shape index (κ3) is 3.22. The van der Waals surface area contributed by atoms with E-state index < -0.39 is 5.97 Å². The molecule has 1 unspecified atom stereocenters. The molecular formula is C13H18O2. The zero-order valence-electron chi connectivity index (χ0n) is 8.98. The Balaban J connectivity index is 1.88. The number of aliphatic carboxylic acids is 1. The molecule has 15 heavy (non-hydrogen) atoms. The standard InChI is InChI=1S/C13H18O2/c14-13(15)6-2-4-10-3-1-5-12(9-10)11-7-8-11/h2,4,6,11-12H,1,3,5,7-9H2,(H,14,15)/b6-2+,10-4+. The van der Waals surface area contributed by atoms with Crippen molar-refractivity contribution in [3.63, 3.8) is 0 Å². The summed E-state index contributed by atoms with van der Waals surface area (Å²) in [6.45, 7) is 0. The van der Waals surface area contributed by atoms with Gasteiger partial charge in [0.2, 0.25) is 0 Å². The van der Waals surface area contributed by atoms with Crippen molar-refractivity contribution in [1.82, 2.24) is 0 Å². The lowest BCUT2D eigenvalue weighted by molar-refractivity contribution is -0.131. The molecule has 2 nitrogen and oxygen atoms in total. The first-order valence-corrected chi connectivity index (χ1v) is 5.85. The highest BCUT2D eigenvalue weighted by molar-refractivity contribution is 5.80. The van der Waals surface area contributed by atoms with Gasteiger partial charge in [-0.25, -0.2) is 4.79 Å². The van der Waals surface area contributed by atoms with Gasteiger partial charge in [-0.2, -0.15) is 0 Å². The number of hydrogen-bond acceptors (Lipinski definition) is 1. The Morgan fingerprint density at radius 2 is 2.07 bits per heavy atom. The maximum atomic E-state index is 10.3. The quantitative estimate of drug-likeness (QED) is 0.720. The summed E-state index contributed by atoms with van der Waals surface area (Å²) < 4.78 is 0. The van der Waals surface area contributed by atoms with E-state index in [1.54, 1.807) is 6.08 Å². The van der Waals surface area contributed by atoms with Gasteiger partial charge in [0, 0.05) is 6.08 Å². The molecule has 0 heterocycles. The second-order valence-corrected chi connectivity index (χ2v) is 4.72. The Hall–Kier alpha value is -1.05. The van der Waals surface area contributed by atoms with Gasteiger partial charge in [0.1, 0.15) is 0 Å². The number of allylic oxidation sites excluding steroid dienone is 3. The molecule has 0 saturated heterocycles. The van der Waals surface area contributed by atoms with Crippen LogP contribution in [-0.4, -0.2) is 11.1 Å². The fraction of sp³-hybridized carbons (Fsp3) is 0.615. The minimum absolute atomic E-state index is 0.860. The Morgan fingerprint density at radius 3 is 2.73 bits per heavy atom. The molecule has 0 aromatic heterocycles. The maximum absolute atomic E-state index is 10.3. The minimum atomic E-state index is -0.860. The number of hydrogen-bond donors (Lipinski definition) is 1. The molecule has 2 rings (SSSR count). The van der Waals surface area contributed by atoms with Gasteiger partial charge in [0.15, 0.2) is 0 Å². The van der Waals surface area contributed by atoms with Crippen LogP contribution in [0.5, 0.6) is 0 Å². The van der Waals surface area contributed by atoms with E-state index in [0.29, 0.717) is 0 Å². The van der Waals surface area contributed by atoms with Crippen molar-refractivity contribution in [3.8, 4) is 0 Å². The summed E-state index contributed by atoms with van der Waals surface area (Å²) in [5.41, 5.74) is 1.44. The second kappa shape index (κ2) is 4.65. The molecule has 1 N–H and O–H groups in total. The Labute approximate surface area is 90.7 Å². The molecular weight excluding hydrogens is 188 g/mol. The van der Waals surface area contributed by atoms with Crippen LogP contribution in [0.25, 0.3) is 0 Å². The monoisotopic (exact) mass is 206 g/mol. The first kappa shape index (κ1) is 10.5.